The zero-order valence-corrected chi connectivity index (χ0v) is 22.6. The molecule has 3 aromatic carbocycles. The van der Waals surface area contributed by atoms with Gasteiger partial charge in [0.1, 0.15) is 17.6 Å². The number of anilines is 1. The van der Waals surface area contributed by atoms with E-state index in [1.807, 2.05) is 84.9 Å². The lowest BCUT2D eigenvalue weighted by molar-refractivity contribution is -0.129. The van der Waals surface area contributed by atoms with Crippen molar-refractivity contribution in [3.63, 3.8) is 0 Å². The molecule has 0 saturated carbocycles. The first-order valence-corrected chi connectivity index (χ1v) is 13.2. The third-order valence-corrected chi connectivity index (χ3v) is 6.57. The second-order valence-corrected chi connectivity index (χ2v) is 9.40. The molecule has 0 radical (unpaired) electrons. The largest absolute Gasteiger partial charge is 0.497 e. The first-order valence-electron chi connectivity index (χ1n) is 13.2. The van der Waals surface area contributed by atoms with Gasteiger partial charge in [-0.1, -0.05) is 78.9 Å². The van der Waals surface area contributed by atoms with Crippen molar-refractivity contribution in [3.8, 4) is 5.75 Å². The highest BCUT2D eigenvalue weighted by molar-refractivity contribution is 5.92. The van der Waals surface area contributed by atoms with E-state index in [-0.39, 0.29) is 24.2 Å². The van der Waals surface area contributed by atoms with Gasteiger partial charge in [0.05, 0.1) is 13.0 Å². The first-order chi connectivity index (χ1) is 19.9. The van der Waals surface area contributed by atoms with Crippen molar-refractivity contribution < 1.29 is 24.2 Å². The lowest BCUT2D eigenvalue weighted by Gasteiger charge is -2.23. The van der Waals surface area contributed by atoms with Crippen LogP contribution in [0.4, 0.5) is 10.6 Å². The van der Waals surface area contributed by atoms with Crippen LogP contribution in [0.1, 0.15) is 34.6 Å². The Balaban J connectivity index is 1.52. The summed E-state index contributed by atoms with van der Waals surface area (Å²) in [7, 11) is 1.59. The van der Waals surface area contributed by atoms with E-state index in [9.17, 15) is 14.4 Å². The van der Waals surface area contributed by atoms with Crippen molar-refractivity contribution >= 4 is 23.7 Å². The van der Waals surface area contributed by atoms with Crippen molar-refractivity contribution in [2.24, 2.45) is 0 Å². The molecule has 1 aromatic heterocycles. The maximum atomic E-state index is 13.8. The Kier molecular flexibility index (Phi) is 10.0. The predicted octanol–water partition coefficient (Wildman–Crippen LogP) is 4.75. The Morgan fingerprint density at radius 3 is 1.95 bits per heavy atom. The van der Waals surface area contributed by atoms with Crippen LogP contribution in [0, 0.1) is 0 Å². The summed E-state index contributed by atoms with van der Waals surface area (Å²) < 4.78 is 5.20. The molecule has 1 atom stereocenters. The van der Waals surface area contributed by atoms with Crippen molar-refractivity contribution in [2.75, 3.05) is 12.4 Å². The van der Waals surface area contributed by atoms with Gasteiger partial charge < -0.3 is 20.5 Å². The van der Waals surface area contributed by atoms with Crippen molar-refractivity contribution in [2.45, 2.75) is 31.3 Å². The Morgan fingerprint density at radius 1 is 0.805 bits per heavy atom. The van der Waals surface area contributed by atoms with Crippen LogP contribution in [-0.4, -0.2) is 41.1 Å². The molecule has 9 nitrogen and oxygen atoms in total. The molecule has 1 heterocycles. The highest BCUT2D eigenvalue weighted by Crippen LogP contribution is 2.25. The number of amides is 3. The second-order valence-electron chi connectivity index (χ2n) is 9.40. The number of carbonyl (C=O) groups is 3. The number of carboxylic acid groups (broad SMARTS) is 1. The molecule has 4 aromatic rings. The van der Waals surface area contributed by atoms with Crippen LogP contribution in [0.2, 0.25) is 0 Å². The monoisotopic (exact) mass is 552 g/mol. The van der Waals surface area contributed by atoms with E-state index in [0.29, 0.717) is 12.8 Å². The van der Waals surface area contributed by atoms with Crippen LogP contribution in [0.25, 0.3) is 0 Å². The van der Waals surface area contributed by atoms with E-state index in [2.05, 4.69) is 20.9 Å². The third kappa shape index (κ3) is 8.40. The minimum Gasteiger partial charge on any atom is -0.497 e. The molecule has 9 heteroatoms. The molecule has 4 rings (SSSR count). The summed E-state index contributed by atoms with van der Waals surface area (Å²) in [5.41, 5.74) is 3.32. The summed E-state index contributed by atoms with van der Waals surface area (Å²) in [5.74, 6) is -0.275. The first kappa shape index (κ1) is 28.8. The van der Waals surface area contributed by atoms with Crippen LogP contribution in [-0.2, 0) is 22.6 Å². The molecule has 0 aliphatic heterocycles. The highest BCUT2D eigenvalue weighted by atomic mass is 16.5. The van der Waals surface area contributed by atoms with E-state index in [1.54, 1.807) is 25.4 Å². The van der Waals surface area contributed by atoms with E-state index in [0.717, 1.165) is 28.0 Å². The maximum absolute atomic E-state index is 13.8. The number of pyridine rings is 1. The quantitative estimate of drug-likeness (QED) is 0.201. The number of ether oxygens (including phenoxy) is 1. The number of aromatic nitrogens is 1. The van der Waals surface area contributed by atoms with E-state index in [1.165, 1.54) is 0 Å². The van der Waals surface area contributed by atoms with Crippen LogP contribution in [0.5, 0.6) is 5.75 Å². The van der Waals surface area contributed by atoms with Gasteiger partial charge in [0.25, 0.3) is 0 Å². The number of methoxy groups -OCH3 is 1. The molecule has 0 aliphatic rings. The van der Waals surface area contributed by atoms with Gasteiger partial charge in [0, 0.05) is 12.7 Å². The number of nitrogens with zero attached hydrogens (tertiary/aromatic N) is 1. The van der Waals surface area contributed by atoms with Gasteiger partial charge in [-0.3, -0.25) is 14.9 Å². The molecule has 4 N–H and O–H groups in total. The Bertz CT molecular complexity index is 1390. The van der Waals surface area contributed by atoms with Gasteiger partial charge >= 0.3 is 6.09 Å². The van der Waals surface area contributed by atoms with Crippen LogP contribution in [0.3, 0.4) is 0 Å². The second kappa shape index (κ2) is 14.3. The number of carbonyl (C=O) groups excluding carboxylic acids is 2. The lowest BCUT2D eigenvalue weighted by Crippen LogP contribution is -2.48. The topological polar surface area (TPSA) is 130 Å². The predicted molar refractivity (Wildman–Crippen MR) is 156 cm³/mol. The maximum Gasteiger partial charge on any atom is 0.410 e. The Morgan fingerprint density at radius 2 is 1.41 bits per heavy atom. The fraction of sp³-hybridized carbons (Fsp3) is 0.188. The van der Waals surface area contributed by atoms with Gasteiger partial charge in [-0.05, 0) is 53.3 Å². The SMILES string of the molecule is COc1ccc(CNC(=O)C(CCc2ccc(NC(=O)O)nc2)NC(=O)C(c2ccccc2)c2ccccc2)cc1. The normalized spacial score (nSPS) is 11.4. The van der Waals surface area contributed by atoms with Gasteiger partial charge in [0.15, 0.2) is 0 Å². The fourth-order valence-electron chi connectivity index (χ4n) is 4.43. The summed E-state index contributed by atoms with van der Waals surface area (Å²) in [5, 5.41) is 17.0. The van der Waals surface area contributed by atoms with E-state index < -0.39 is 18.1 Å². The zero-order valence-electron chi connectivity index (χ0n) is 22.6. The molecule has 210 valence electrons. The molecular weight excluding hydrogens is 520 g/mol. The number of hydrogen-bond donors (Lipinski definition) is 4. The van der Waals surface area contributed by atoms with Gasteiger partial charge in [-0.15, -0.1) is 0 Å². The number of rotatable bonds is 12. The summed E-state index contributed by atoms with van der Waals surface area (Å²) in [4.78, 5) is 42.2. The van der Waals surface area contributed by atoms with Gasteiger partial charge in [-0.2, -0.15) is 0 Å². The number of aryl methyl sites for hydroxylation is 1. The van der Waals surface area contributed by atoms with Crippen molar-refractivity contribution in [1.29, 1.82) is 0 Å². The Labute approximate surface area is 238 Å². The standard InChI is InChI=1S/C32H32N4O5/c1-41-26-16-12-22(13-17-26)21-34-30(37)27(18-14-23-15-19-28(33-20-23)36-32(39)40)35-31(38)29(24-8-4-2-5-9-24)25-10-6-3-7-11-25/h2-13,15-17,19-20,27,29H,14,18,21H2,1H3,(H,33,36)(H,34,37)(H,35,38)(H,39,40). The Hall–Kier alpha value is -5.18. The van der Waals surface area contributed by atoms with Crippen molar-refractivity contribution in [1.82, 2.24) is 15.6 Å². The van der Waals surface area contributed by atoms with Crippen molar-refractivity contribution in [3.05, 3.63) is 126 Å². The average Bonchev–Trinajstić information content (AvgIpc) is 3.00. The highest BCUT2D eigenvalue weighted by Gasteiger charge is 2.28. The molecule has 1 unspecified atom stereocenters. The third-order valence-electron chi connectivity index (χ3n) is 6.57. The van der Waals surface area contributed by atoms with E-state index in [4.69, 9.17) is 9.84 Å². The molecule has 0 aliphatic carbocycles. The number of benzene rings is 3. The molecule has 41 heavy (non-hydrogen) atoms. The van der Waals surface area contributed by atoms with Crippen LogP contribution < -0.4 is 20.7 Å². The smallest absolute Gasteiger partial charge is 0.410 e. The van der Waals surface area contributed by atoms with Crippen LogP contribution >= 0.6 is 0 Å². The number of nitrogens with one attached hydrogen (secondary N) is 3. The minimum absolute atomic E-state index is 0.205. The molecule has 0 saturated heterocycles. The summed E-state index contributed by atoms with van der Waals surface area (Å²) in [6.07, 6.45) is 1.09. The van der Waals surface area contributed by atoms with Gasteiger partial charge in [0.2, 0.25) is 11.8 Å². The molecule has 0 bridgehead atoms. The minimum atomic E-state index is -1.20. The number of hydrogen-bond acceptors (Lipinski definition) is 5. The molecule has 0 spiro atoms. The molecule has 0 fully saturated rings. The summed E-state index contributed by atoms with van der Waals surface area (Å²) in [6, 6.07) is 28.7. The van der Waals surface area contributed by atoms with Crippen LogP contribution in [0.15, 0.2) is 103 Å². The average molecular weight is 553 g/mol. The summed E-state index contributed by atoms with van der Waals surface area (Å²) in [6.45, 7) is 0.285. The molecular formula is C32H32N4O5. The zero-order chi connectivity index (χ0) is 29.0. The molecule has 3 amide bonds. The van der Waals surface area contributed by atoms with E-state index >= 15 is 0 Å². The summed E-state index contributed by atoms with van der Waals surface area (Å²) >= 11 is 0. The lowest BCUT2D eigenvalue weighted by atomic mass is 9.90. The fourth-order valence-corrected chi connectivity index (χ4v) is 4.43. The van der Waals surface area contributed by atoms with Gasteiger partial charge in [-0.25, -0.2) is 9.78 Å².